The summed E-state index contributed by atoms with van der Waals surface area (Å²) in [5.41, 5.74) is -0.887. The topological polar surface area (TPSA) is 93.8 Å². The number of hydrogen-bond acceptors (Lipinski definition) is 7. The average Bonchev–Trinajstić information content (AvgIpc) is 3.09. The summed E-state index contributed by atoms with van der Waals surface area (Å²) in [4.78, 5) is 38.7. The van der Waals surface area contributed by atoms with E-state index in [9.17, 15) is 19.5 Å². The molecule has 2 aromatic heterocycles. The molecule has 2 heterocycles. The van der Waals surface area contributed by atoms with Crippen LogP contribution in [0.15, 0.2) is 43.5 Å². The van der Waals surface area contributed by atoms with Crippen LogP contribution in [-0.2, 0) is 16.0 Å². The number of hydrogen-bond donors (Lipinski definition) is 1. The number of methoxy groups -OCH3 is 1. The molecule has 0 amide bonds. The Balaban J connectivity index is 2.15. The number of allylic oxidation sites excluding steroid dienone is 2. The van der Waals surface area contributed by atoms with Crippen LogP contribution < -0.4 is 5.63 Å². The van der Waals surface area contributed by atoms with Gasteiger partial charge in [0.2, 0.25) is 0 Å². The van der Waals surface area contributed by atoms with Gasteiger partial charge in [-0.25, -0.2) is 4.79 Å². The van der Waals surface area contributed by atoms with Crippen LogP contribution in [-0.4, -0.2) is 24.0 Å². The highest BCUT2D eigenvalue weighted by molar-refractivity contribution is 9.10. The molecule has 0 aliphatic rings. The second kappa shape index (κ2) is 12.9. The van der Waals surface area contributed by atoms with Crippen molar-refractivity contribution in [2.45, 2.75) is 59.3 Å². The maximum Gasteiger partial charge on any atom is 0.351 e. The second-order valence-electron chi connectivity index (χ2n) is 8.61. The average molecular weight is 551 g/mol. The van der Waals surface area contributed by atoms with Crippen molar-refractivity contribution in [3.63, 3.8) is 0 Å². The largest absolute Gasteiger partial charge is 0.507 e. The van der Waals surface area contributed by atoms with E-state index in [2.05, 4.69) is 34.5 Å². The summed E-state index contributed by atoms with van der Waals surface area (Å²) in [6.07, 6.45) is 7.72. The van der Waals surface area contributed by atoms with Crippen LogP contribution in [0.4, 0.5) is 0 Å². The molecule has 0 saturated carbocycles. The molecule has 2 rings (SSSR count). The van der Waals surface area contributed by atoms with Crippen molar-refractivity contribution in [1.82, 2.24) is 0 Å². The Bertz CT molecular complexity index is 1140. The molecule has 0 radical (unpaired) electrons. The smallest absolute Gasteiger partial charge is 0.351 e. The van der Waals surface area contributed by atoms with E-state index in [0.29, 0.717) is 30.1 Å². The maximum atomic E-state index is 12.9. The van der Waals surface area contributed by atoms with E-state index in [1.807, 2.05) is 19.1 Å². The fourth-order valence-corrected chi connectivity index (χ4v) is 5.37. The number of aromatic hydroxyl groups is 1. The third kappa shape index (κ3) is 7.81. The Morgan fingerprint density at radius 3 is 2.56 bits per heavy atom. The Labute approximate surface area is 212 Å². The monoisotopic (exact) mass is 550 g/mol. The fraction of sp³-hybridized carbons (Fsp3) is 0.423. The van der Waals surface area contributed by atoms with E-state index in [1.54, 1.807) is 30.4 Å². The van der Waals surface area contributed by atoms with Gasteiger partial charge >= 0.3 is 11.6 Å². The predicted molar refractivity (Wildman–Crippen MR) is 139 cm³/mol. The standard InChI is InChI=1S/C26H31BrO6S/c1-15(2)11-18-13-19(27)22(34-18)12-17(4)25(30)24-20(28)14-21(33-26(24)31)16(3)9-7-6-8-10-23(29)32-5/h6,8,12-16,28H,7,9-11H2,1-5H3/b8-6+,17-12?. The van der Waals surface area contributed by atoms with E-state index in [-0.39, 0.29) is 29.6 Å². The minimum Gasteiger partial charge on any atom is -0.507 e. The van der Waals surface area contributed by atoms with Gasteiger partial charge in [0.05, 0.1) is 13.5 Å². The molecule has 0 aromatic carbocycles. The summed E-state index contributed by atoms with van der Waals surface area (Å²) in [7, 11) is 1.34. The number of esters is 1. The van der Waals surface area contributed by atoms with Gasteiger partial charge in [0, 0.05) is 26.2 Å². The highest BCUT2D eigenvalue weighted by Gasteiger charge is 2.22. The number of ketones is 1. The van der Waals surface area contributed by atoms with Crippen molar-refractivity contribution in [2.75, 3.05) is 7.11 Å². The zero-order valence-corrected chi connectivity index (χ0v) is 22.5. The Kier molecular flexibility index (Phi) is 10.5. The van der Waals surface area contributed by atoms with E-state index in [4.69, 9.17) is 4.42 Å². The van der Waals surface area contributed by atoms with Crippen LogP contribution in [0.3, 0.4) is 0 Å². The summed E-state index contributed by atoms with van der Waals surface area (Å²) >= 11 is 5.12. The van der Waals surface area contributed by atoms with Crippen molar-refractivity contribution in [1.29, 1.82) is 0 Å². The van der Waals surface area contributed by atoms with Gasteiger partial charge < -0.3 is 14.3 Å². The second-order valence-corrected chi connectivity index (χ2v) is 10.6. The lowest BCUT2D eigenvalue weighted by molar-refractivity contribution is -0.139. The van der Waals surface area contributed by atoms with E-state index < -0.39 is 11.4 Å². The molecular weight excluding hydrogens is 520 g/mol. The molecule has 0 bridgehead atoms. The molecule has 0 aliphatic carbocycles. The number of ether oxygens (including phenoxy) is 1. The van der Waals surface area contributed by atoms with Gasteiger partial charge in [-0.1, -0.05) is 32.9 Å². The zero-order chi connectivity index (χ0) is 25.4. The summed E-state index contributed by atoms with van der Waals surface area (Å²) in [5.74, 6) is -0.606. The van der Waals surface area contributed by atoms with Crippen LogP contribution in [0, 0.1) is 5.92 Å². The highest BCUT2D eigenvalue weighted by atomic mass is 79.9. The van der Waals surface area contributed by atoms with E-state index in [1.165, 1.54) is 18.1 Å². The van der Waals surface area contributed by atoms with Gasteiger partial charge in [-0.15, -0.1) is 11.3 Å². The molecule has 34 heavy (non-hydrogen) atoms. The lowest BCUT2D eigenvalue weighted by Crippen LogP contribution is -2.16. The van der Waals surface area contributed by atoms with Crippen molar-refractivity contribution in [2.24, 2.45) is 5.92 Å². The number of Topliss-reactive ketones (excluding diaryl/α,β-unsaturated/α-hetero) is 1. The van der Waals surface area contributed by atoms with Gasteiger partial charge in [0.1, 0.15) is 17.1 Å². The number of thiophene rings is 1. The summed E-state index contributed by atoms with van der Waals surface area (Å²) in [6.45, 7) is 7.77. The molecule has 1 N–H and O–H groups in total. The fourth-order valence-electron chi connectivity index (χ4n) is 3.31. The molecule has 2 aromatic rings. The number of carbonyl (C=O) groups excluding carboxylic acids is 2. The first-order chi connectivity index (χ1) is 16.0. The van der Waals surface area contributed by atoms with Crippen molar-refractivity contribution in [3.05, 3.63) is 65.8 Å². The van der Waals surface area contributed by atoms with Crippen molar-refractivity contribution < 1.29 is 23.8 Å². The highest BCUT2D eigenvalue weighted by Crippen LogP contribution is 2.32. The van der Waals surface area contributed by atoms with Gasteiger partial charge in [0.15, 0.2) is 5.78 Å². The van der Waals surface area contributed by atoms with E-state index in [0.717, 1.165) is 15.8 Å². The number of rotatable bonds is 11. The van der Waals surface area contributed by atoms with Crippen LogP contribution in [0.1, 0.15) is 78.7 Å². The summed E-state index contributed by atoms with van der Waals surface area (Å²) in [6, 6.07) is 3.38. The van der Waals surface area contributed by atoms with Crippen molar-refractivity contribution >= 4 is 45.1 Å². The van der Waals surface area contributed by atoms with Gasteiger partial charge in [-0.3, -0.25) is 9.59 Å². The summed E-state index contributed by atoms with van der Waals surface area (Å²) in [5, 5.41) is 10.5. The first-order valence-corrected chi connectivity index (χ1v) is 12.7. The molecule has 184 valence electrons. The molecule has 0 spiro atoms. The molecule has 0 saturated heterocycles. The SMILES string of the molecule is COC(=O)C/C=C/CCC(C)c1cc(O)c(C(=O)C(C)=Cc2sc(CC(C)C)cc2Br)c(=O)o1. The molecule has 8 heteroatoms. The molecule has 1 unspecified atom stereocenters. The van der Waals surface area contributed by atoms with Crippen LogP contribution in [0.25, 0.3) is 6.08 Å². The molecule has 0 aliphatic heterocycles. The van der Waals surface area contributed by atoms with Crippen LogP contribution in [0.2, 0.25) is 0 Å². The third-order valence-corrected chi connectivity index (χ3v) is 7.21. The first kappa shape index (κ1) is 27.8. The zero-order valence-electron chi connectivity index (χ0n) is 20.1. The maximum absolute atomic E-state index is 12.9. The van der Waals surface area contributed by atoms with Gasteiger partial charge in [0.25, 0.3) is 0 Å². The minimum atomic E-state index is -0.855. The van der Waals surface area contributed by atoms with Gasteiger partial charge in [-0.2, -0.15) is 0 Å². The Hall–Kier alpha value is -2.45. The molecular formula is C26H31BrO6S. The van der Waals surface area contributed by atoms with Crippen molar-refractivity contribution in [3.8, 4) is 5.75 Å². The lowest BCUT2D eigenvalue weighted by Gasteiger charge is -2.11. The predicted octanol–water partition coefficient (Wildman–Crippen LogP) is 6.66. The number of carbonyl (C=O) groups is 2. The van der Waals surface area contributed by atoms with Gasteiger partial charge in [-0.05, 0) is 65.7 Å². The molecule has 6 nitrogen and oxygen atoms in total. The Morgan fingerprint density at radius 1 is 1.24 bits per heavy atom. The van der Waals surface area contributed by atoms with Crippen LogP contribution >= 0.6 is 27.3 Å². The normalized spacial score (nSPS) is 13.0. The molecule has 1 atom stereocenters. The minimum absolute atomic E-state index is 0.163. The quantitative estimate of drug-likeness (QED) is 0.145. The molecule has 0 fully saturated rings. The van der Waals surface area contributed by atoms with E-state index >= 15 is 0 Å². The summed E-state index contributed by atoms with van der Waals surface area (Å²) < 4.78 is 10.9. The van der Waals surface area contributed by atoms with Crippen LogP contribution in [0.5, 0.6) is 5.75 Å². The first-order valence-electron chi connectivity index (χ1n) is 11.1. The Morgan fingerprint density at radius 2 is 1.94 bits per heavy atom. The number of halogens is 1. The third-order valence-electron chi connectivity index (χ3n) is 5.19. The lowest BCUT2D eigenvalue weighted by atomic mass is 9.99.